The zero-order chi connectivity index (χ0) is 19.5. The van der Waals surface area contributed by atoms with Crippen molar-refractivity contribution < 1.29 is 4.92 Å². The van der Waals surface area contributed by atoms with Crippen molar-refractivity contribution in [3.8, 4) is 0 Å². The molecule has 0 fully saturated rings. The molecule has 2 N–H and O–H groups in total. The quantitative estimate of drug-likeness (QED) is 0.349. The highest BCUT2D eigenvalue weighted by Gasteiger charge is 2.24. The van der Waals surface area contributed by atoms with Gasteiger partial charge in [0, 0.05) is 5.69 Å². The van der Waals surface area contributed by atoms with E-state index in [0.29, 0.717) is 5.13 Å². The minimum Gasteiger partial charge on any atom is -0.334 e. The summed E-state index contributed by atoms with van der Waals surface area (Å²) in [5.74, 6) is 0.222. The average Bonchev–Trinajstić information content (AvgIpc) is 3.10. The Morgan fingerprint density at radius 2 is 1.75 bits per heavy atom. The fraction of sp³-hybridized carbons (Fsp3) is 0.105. The summed E-state index contributed by atoms with van der Waals surface area (Å²) in [5, 5.41) is 18.4. The van der Waals surface area contributed by atoms with Gasteiger partial charge in [-0.3, -0.25) is 10.1 Å². The van der Waals surface area contributed by atoms with Crippen LogP contribution < -0.4 is 10.6 Å². The maximum atomic E-state index is 11.8. The normalized spacial score (nSPS) is 10.8. The Morgan fingerprint density at radius 3 is 2.50 bits per heavy atom. The first-order valence-electron chi connectivity index (χ1n) is 8.62. The van der Waals surface area contributed by atoms with Gasteiger partial charge in [-0.1, -0.05) is 48.6 Å². The van der Waals surface area contributed by atoms with Gasteiger partial charge in [0.2, 0.25) is 11.6 Å². The molecule has 0 spiro atoms. The number of aryl methyl sites for hydroxylation is 1. The number of nitrogens with zero attached hydrogens (tertiary/aromatic N) is 4. The maximum Gasteiger partial charge on any atom is 0.353 e. The number of para-hydroxylation sites is 2. The van der Waals surface area contributed by atoms with Crippen molar-refractivity contribution in [2.75, 3.05) is 10.6 Å². The molecular weight excluding hydrogens is 376 g/mol. The van der Waals surface area contributed by atoms with E-state index in [0.717, 1.165) is 27.9 Å². The minimum atomic E-state index is -0.494. The van der Waals surface area contributed by atoms with E-state index in [1.165, 1.54) is 17.7 Å². The summed E-state index contributed by atoms with van der Waals surface area (Å²) in [4.78, 5) is 23.9. The van der Waals surface area contributed by atoms with Crippen LogP contribution >= 0.6 is 11.3 Å². The molecular formula is C19H16N6O2S. The zero-order valence-electron chi connectivity index (χ0n) is 14.9. The van der Waals surface area contributed by atoms with Gasteiger partial charge in [0.1, 0.15) is 6.33 Å². The van der Waals surface area contributed by atoms with E-state index in [2.05, 4.69) is 25.6 Å². The summed E-state index contributed by atoms with van der Waals surface area (Å²) in [6.45, 7) is 2.02. The second-order valence-electron chi connectivity index (χ2n) is 5.92. The second-order valence-corrected chi connectivity index (χ2v) is 6.95. The highest BCUT2D eigenvalue weighted by atomic mass is 32.1. The third-order valence-electron chi connectivity index (χ3n) is 4.18. The predicted octanol–water partition coefficient (Wildman–Crippen LogP) is 5.04. The minimum absolute atomic E-state index is 0.0931. The number of nitrogens with one attached hydrogen (secondary N) is 2. The standard InChI is InChI=1S/C19H16N6O2S/c1-2-12-7-3-4-8-13(12)22-17-16(25(26)27)18(21-11-20-17)24-19-23-14-9-5-6-10-15(14)28-19/h3-11H,2H2,1H3,(H2,20,21,22,23,24). The molecule has 9 heteroatoms. The van der Waals surface area contributed by atoms with E-state index in [1.54, 1.807) is 0 Å². The third kappa shape index (κ3) is 3.47. The zero-order valence-corrected chi connectivity index (χ0v) is 15.7. The molecule has 0 bridgehead atoms. The van der Waals surface area contributed by atoms with E-state index >= 15 is 0 Å². The van der Waals surface area contributed by atoms with Gasteiger partial charge in [0.05, 0.1) is 15.1 Å². The molecule has 0 saturated carbocycles. The Bertz CT molecular complexity index is 1130. The molecule has 2 heterocycles. The molecule has 0 amide bonds. The lowest BCUT2D eigenvalue weighted by Gasteiger charge is -2.11. The monoisotopic (exact) mass is 392 g/mol. The number of hydrogen-bond acceptors (Lipinski definition) is 8. The van der Waals surface area contributed by atoms with Gasteiger partial charge in [0.15, 0.2) is 5.13 Å². The fourth-order valence-corrected chi connectivity index (χ4v) is 3.70. The molecule has 0 radical (unpaired) electrons. The highest BCUT2D eigenvalue weighted by Crippen LogP contribution is 2.35. The van der Waals surface area contributed by atoms with E-state index in [-0.39, 0.29) is 17.3 Å². The summed E-state index contributed by atoms with van der Waals surface area (Å²) < 4.78 is 0.983. The molecule has 8 nitrogen and oxygen atoms in total. The van der Waals surface area contributed by atoms with Crippen LogP contribution in [0.25, 0.3) is 10.2 Å². The Balaban J connectivity index is 1.72. The Hall–Kier alpha value is -3.59. The first-order valence-corrected chi connectivity index (χ1v) is 9.44. The van der Waals surface area contributed by atoms with E-state index in [4.69, 9.17) is 0 Å². The summed E-state index contributed by atoms with van der Waals surface area (Å²) in [5.41, 5.74) is 2.41. The lowest BCUT2D eigenvalue weighted by Crippen LogP contribution is -2.06. The Morgan fingerprint density at radius 1 is 1.04 bits per heavy atom. The highest BCUT2D eigenvalue weighted by molar-refractivity contribution is 7.22. The topological polar surface area (TPSA) is 106 Å². The summed E-state index contributed by atoms with van der Waals surface area (Å²) in [7, 11) is 0. The van der Waals surface area contributed by atoms with Gasteiger partial charge in [-0.25, -0.2) is 15.0 Å². The largest absolute Gasteiger partial charge is 0.353 e. The number of thiazole rings is 1. The number of hydrogen-bond donors (Lipinski definition) is 2. The molecule has 4 aromatic rings. The van der Waals surface area contributed by atoms with Crippen molar-refractivity contribution in [2.45, 2.75) is 13.3 Å². The third-order valence-corrected chi connectivity index (χ3v) is 5.13. The Labute approximate surface area is 164 Å². The molecule has 0 saturated heterocycles. The average molecular weight is 392 g/mol. The van der Waals surface area contributed by atoms with Gasteiger partial charge < -0.3 is 10.6 Å². The molecule has 0 unspecified atom stereocenters. The number of nitro groups is 1. The molecule has 0 aliphatic heterocycles. The molecule has 2 aromatic carbocycles. The molecule has 0 atom stereocenters. The molecule has 28 heavy (non-hydrogen) atoms. The number of benzene rings is 2. The molecule has 0 aliphatic carbocycles. The first kappa shape index (κ1) is 17.8. The maximum absolute atomic E-state index is 11.8. The summed E-state index contributed by atoms with van der Waals surface area (Å²) in [6.07, 6.45) is 2.08. The van der Waals surface area contributed by atoms with Gasteiger partial charge in [-0.15, -0.1) is 0 Å². The van der Waals surface area contributed by atoms with Crippen molar-refractivity contribution >= 4 is 49.7 Å². The lowest BCUT2D eigenvalue weighted by atomic mass is 10.1. The molecule has 2 aromatic heterocycles. The summed E-state index contributed by atoms with van der Waals surface area (Å²) in [6, 6.07) is 15.3. The number of anilines is 4. The van der Waals surface area contributed by atoms with Crippen LogP contribution in [-0.4, -0.2) is 19.9 Å². The predicted molar refractivity (Wildman–Crippen MR) is 111 cm³/mol. The van der Waals surface area contributed by atoms with Crippen LogP contribution in [0, 0.1) is 10.1 Å². The Kier molecular flexibility index (Phi) is 4.81. The van der Waals surface area contributed by atoms with Crippen LogP contribution in [0.5, 0.6) is 0 Å². The SMILES string of the molecule is CCc1ccccc1Nc1ncnc(Nc2nc3ccccc3s2)c1[N+](=O)[O-]. The van der Waals surface area contributed by atoms with Crippen LogP contribution in [0.3, 0.4) is 0 Å². The van der Waals surface area contributed by atoms with E-state index < -0.39 is 4.92 Å². The summed E-state index contributed by atoms with van der Waals surface area (Å²) >= 11 is 1.40. The molecule has 0 aliphatic rings. The number of fused-ring (bicyclic) bond motifs is 1. The van der Waals surface area contributed by atoms with Crippen molar-refractivity contribution in [3.05, 3.63) is 70.5 Å². The van der Waals surface area contributed by atoms with E-state index in [1.807, 2.05) is 55.5 Å². The van der Waals surface area contributed by atoms with Crippen LogP contribution in [-0.2, 0) is 6.42 Å². The lowest BCUT2D eigenvalue weighted by molar-refractivity contribution is -0.383. The van der Waals surface area contributed by atoms with Crippen LogP contribution in [0.1, 0.15) is 12.5 Å². The first-order chi connectivity index (χ1) is 13.7. The van der Waals surface area contributed by atoms with Gasteiger partial charge in [-0.05, 0) is 30.2 Å². The van der Waals surface area contributed by atoms with Crippen molar-refractivity contribution in [3.63, 3.8) is 0 Å². The van der Waals surface area contributed by atoms with Gasteiger partial charge in [0.25, 0.3) is 0 Å². The smallest absolute Gasteiger partial charge is 0.334 e. The van der Waals surface area contributed by atoms with Crippen LogP contribution in [0.4, 0.5) is 28.1 Å². The van der Waals surface area contributed by atoms with Crippen molar-refractivity contribution in [2.24, 2.45) is 0 Å². The molecule has 140 valence electrons. The fourth-order valence-electron chi connectivity index (χ4n) is 2.84. The number of aromatic nitrogens is 3. The van der Waals surface area contributed by atoms with Crippen molar-refractivity contribution in [1.82, 2.24) is 15.0 Å². The van der Waals surface area contributed by atoms with Crippen LogP contribution in [0.2, 0.25) is 0 Å². The van der Waals surface area contributed by atoms with Crippen molar-refractivity contribution in [1.29, 1.82) is 0 Å². The number of rotatable bonds is 6. The van der Waals surface area contributed by atoms with E-state index in [9.17, 15) is 10.1 Å². The van der Waals surface area contributed by atoms with Crippen LogP contribution in [0.15, 0.2) is 54.9 Å². The molecule has 4 rings (SSSR count). The van der Waals surface area contributed by atoms with Gasteiger partial charge in [-0.2, -0.15) is 0 Å². The second kappa shape index (κ2) is 7.57. The van der Waals surface area contributed by atoms with Gasteiger partial charge >= 0.3 is 5.69 Å².